The van der Waals surface area contributed by atoms with Crippen molar-refractivity contribution in [3.63, 3.8) is 0 Å². The summed E-state index contributed by atoms with van der Waals surface area (Å²) in [5.41, 5.74) is 1.39. The van der Waals surface area contributed by atoms with Crippen LogP contribution in [0.2, 0.25) is 10.0 Å². The molecule has 0 unspecified atom stereocenters. The number of amides is 2. The number of carbonyl (C=O) groups excluding carboxylic acids is 2. The second-order valence-corrected chi connectivity index (χ2v) is 9.41. The number of fused-ring (bicyclic) bond motifs is 1. The van der Waals surface area contributed by atoms with Crippen molar-refractivity contribution in [1.82, 2.24) is 4.90 Å². The van der Waals surface area contributed by atoms with Gasteiger partial charge in [0.2, 0.25) is 0 Å². The molecule has 4 rings (SSSR count). The van der Waals surface area contributed by atoms with Crippen molar-refractivity contribution in [2.75, 3.05) is 25.0 Å². The molecule has 0 aromatic heterocycles. The number of benzene rings is 2. The largest absolute Gasteiger partial charge is 0.493 e. The summed E-state index contributed by atoms with van der Waals surface area (Å²) in [4.78, 5) is 28.0. The highest BCUT2D eigenvalue weighted by Gasteiger charge is 2.34. The number of halogens is 2. The van der Waals surface area contributed by atoms with Gasteiger partial charge >= 0.3 is 0 Å². The van der Waals surface area contributed by atoms with Crippen molar-refractivity contribution in [2.45, 2.75) is 39.0 Å². The van der Waals surface area contributed by atoms with Crippen molar-refractivity contribution < 1.29 is 14.3 Å². The second-order valence-electron chi connectivity index (χ2n) is 8.57. The van der Waals surface area contributed by atoms with Gasteiger partial charge in [-0.15, -0.1) is 0 Å². The van der Waals surface area contributed by atoms with E-state index in [0.29, 0.717) is 40.1 Å². The molecule has 2 aliphatic rings. The first-order chi connectivity index (χ1) is 15.5. The predicted molar refractivity (Wildman–Crippen MR) is 128 cm³/mol. The van der Waals surface area contributed by atoms with E-state index in [1.54, 1.807) is 30.3 Å². The van der Waals surface area contributed by atoms with E-state index in [2.05, 4.69) is 5.32 Å². The number of anilines is 1. The van der Waals surface area contributed by atoms with E-state index in [9.17, 15) is 9.59 Å². The molecular weight excluding hydrogens is 447 g/mol. The Balaban J connectivity index is 1.51. The van der Waals surface area contributed by atoms with Crippen LogP contribution in [0.1, 0.15) is 59.7 Å². The number of nitrogens with one attached hydrogen (secondary N) is 1. The Morgan fingerprint density at radius 1 is 1.03 bits per heavy atom. The Morgan fingerprint density at radius 2 is 1.78 bits per heavy atom. The van der Waals surface area contributed by atoms with E-state index < -0.39 is 0 Å². The van der Waals surface area contributed by atoms with Gasteiger partial charge in [0.15, 0.2) is 0 Å². The molecule has 2 atom stereocenters. The lowest BCUT2D eigenvalue weighted by atomic mass is 9.75. The molecule has 1 aliphatic carbocycles. The molecular formula is C25H28Cl2N2O3. The molecule has 0 spiro atoms. The van der Waals surface area contributed by atoms with E-state index in [0.717, 1.165) is 25.4 Å². The number of rotatable bonds is 5. The van der Waals surface area contributed by atoms with Gasteiger partial charge < -0.3 is 15.0 Å². The molecule has 5 nitrogen and oxygen atoms in total. The summed E-state index contributed by atoms with van der Waals surface area (Å²) in [7, 11) is 0. The van der Waals surface area contributed by atoms with E-state index >= 15 is 0 Å². The number of piperidine rings is 1. The molecule has 1 saturated carbocycles. The summed E-state index contributed by atoms with van der Waals surface area (Å²) >= 11 is 12.1. The van der Waals surface area contributed by atoms with E-state index in [1.807, 2.05) is 11.8 Å². The van der Waals surface area contributed by atoms with Gasteiger partial charge in [0.1, 0.15) is 5.75 Å². The topological polar surface area (TPSA) is 58.6 Å². The summed E-state index contributed by atoms with van der Waals surface area (Å²) in [5.74, 6) is 1.49. The Kier molecular flexibility index (Phi) is 7.27. The number of ether oxygens (including phenoxy) is 1. The summed E-state index contributed by atoms with van der Waals surface area (Å²) in [5, 5.41) is 3.57. The van der Waals surface area contributed by atoms with Gasteiger partial charge in [0.25, 0.3) is 11.8 Å². The summed E-state index contributed by atoms with van der Waals surface area (Å²) in [6.45, 7) is 3.91. The van der Waals surface area contributed by atoms with Gasteiger partial charge in [-0.05, 0) is 61.9 Å². The third kappa shape index (κ3) is 5.05. The zero-order valence-electron chi connectivity index (χ0n) is 18.2. The van der Waals surface area contributed by atoms with Crippen LogP contribution in [0.3, 0.4) is 0 Å². The molecule has 1 N–H and O–H groups in total. The monoisotopic (exact) mass is 474 g/mol. The Morgan fingerprint density at radius 3 is 2.53 bits per heavy atom. The van der Waals surface area contributed by atoms with Crippen LogP contribution in [0.5, 0.6) is 5.75 Å². The summed E-state index contributed by atoms with van der Waals surface area (Å²) in [6, 6.07) is 9.89. The van der Waals surface area contributed by atoms with Crippen LogP contribution >= 0.6 is 23.2 Å². The van der Waals surface area contributed by atoms with Crippen LogP contribution in [0.15, 0.2) is 36.4 Å². The zero-order valence-corrected chi connectivity index (χ0v) is 19.7. The first-order valence-corrected chi connectivity index (χ1v) is 12.0. The second kappa shape index (κ2) is 10.1. The lowest BCUT2D eigenvalue weighted by molar-refractivity contribution is 0.0517. The van der Waals surface area contributed by atoms with Gasteiger partial charge in [-0.2, -0.15) is 0 Å². The lowest BCUT2D eigenvalue weighted by Gasteiger charge is -2.41. The molecule has 170 valence electrons. The maximum Gasteiger partial charge on any atom is 0.257 e. The number of nitrogens with zero attached hydrogens (tertiary/aromatic N) is 1. The van der Waals surface area contributed by atoms with Crippen LogP contribution in [0, 0.1) is 11.8 Å². The molecule has 2 amide bonds. The average Bonchev–Trinajstić information content (AvgIpc) is 2.78. The third-order valence-corrected chi connectivity index (χ3v) is 7.07. The SMILES string of the molecule is CCOc1cc(NC(=O)c2ccc(Cl)cc2Cl)ccc1C(=O)N1CC[C@H]2CCCC[C@H]2C1. The molecule has 32 heavy (non-hydrogen) atoms. The minimum atomic E-state index is -0.354. The first kappa shape index (κ1) is 22.9. The fraction of sp³-hybridized carbons (Fsp3) is 0.440. The van der Waals surface area contributed by atoms with Crippen LogP contribution in [-0.4, -0.2) is 36.4 Å². The van der Waals surface area contributed by atoms with Crippen LogP contribution < -0.4 is 10.1 Å². The fourth-order valence-corrected chi connectivity index (χ4v) is 5.37. The predicted octanol–water partition coefficient (Wildman–Crippen LogP) is 6.30. The van der Waals surface area contributed by atoms with E-state index in [4.69, 9.17) is 27.9 Å². The number of carbonyl (C=O) groups is 2. The van der Waals surface area contributed by atoms with Gasteiger partial charge in [-0.25, -0.2) is 0 Å². The number of hydrogen-bond acceptors (Lipinski definition) is 3. The van der Waals surface area contributed by atoms with Crippen LogP contribution in [0.4, 0.5) is 5.69 Å². The van der Waals surface area contributed by atoms with E-state index in [1.165, 1.54) is 31.7 Å². The van der Waals surface area contributed by atoms with Gasteiger partial charge in [0, 0.05) is 29.9 Å². The molecule has 1 saturated heterocycles. The highest BCUT2D eigenvalue weighted by molar-refractivity contribution is 6.37. The average molecular weight is 475 g/mol. The smallest absolute Gasteiger partial charge is 0.257 e. The standard InChI is InChI=1S/C25H28Cl2N2O3/c1-2-32-23-14-19(28-24(30)20-9-7-18(26)13-22(20)27)8-10-21(23)25(31)29-12-11-16-5-3-4-6-17(16)15-29/h7-10,13-14,16-17H,2-6,11-12,15H2,1H3,(H,28,30)/t16-,17+/m1/s1. The molecule has 1 aliphatic heterocycles. The van der Waals surface area contributed by atoms with Gasteiger partial charge in [0.05, 0.1) is 22.8 Å². The first-order valence-electron chi connectivity index (χ1n) is 11.3. The fourth-order valence-electron chi connectivity index (χ4n) is 4.88. The third-order valence-electron chi connectivity index (χ3n) is 6.52. The Bertz CT molecular complexity index is 1010. The molecule has 2 aromatic carbocycles. The van der Waals surface area contributed by atoms with Gasteiger partial charge in [-0.3, -0.25) is 9.59 Å². The minimum Gasteiger partial charge on any atom is -0.493 e. The Hall–Kier alpha value is -2.24. The zero-order chi connectivity index (χ0) is 22.7. The molecule has 2 fully saturated rings. The number of hydrogen-bond donors (Lipinski definition) is 1. The van der Waals surface area contributed by atoms with Crippen molar-refractivity contribution in [3.05, 3.63) is 57.6 Å². The van der Waals surface area contributed by atoms with E-state index in [-0.39, 0.29) is 16.8 Å². The quantitative estimate of drug-likeness (QED) is 0.553. The summed E-state index contributed by atoms with van der Waals surface area (Å²) in [6.07, 6.45) is 6.17. The summed E-state index contributed by atoms with van der Waals surface area (Å²) < 4.78 is 5.78. The van der Waals surface area contributed by atoms with Crippen LogP contribution in [-0.2, 0) is 0 Å². The molecule has 1 heterocycles. The van der Waals surface area contributed by atoms with Crippen molar-refractivity contribution in [1.29, 1.82) is 0 Å². The van der Waals surface area contributed by atoms with Gasteiger partial charge in [-0.1, -0.05) is 42.5 Å². The maximum atomic E-state index is 13.3. The normalized spacial score (nSPS) is 20.4. The van der Waals surface area contributed by atoms with Crippen molar-refractivity contribution in [2.24, 2.45) is 11.8 Å². The van der Waals surface area contributed by atoms with Crippen molar-refractivity contribution in [3.8, 4) is 5.75 Å². The highest BCUT2D eigenvalue weighted by atomic mass is 35.5. The Labute approximate surface area is 199 Å². The van der Waals surface area contributed by atoms with Crippen LogP contribution in [0.25, 0.3) is 0 Å². The molecule has 0 radical (unpaired) electrons. The highest BCUT2D eigenvalue weighted by Crippen LogP contribution is 2.37. The molecule has 7 heteroatoms. The lowest BCUT2D eigenvalue weighted by Crippen LogP contribution is -2.44. The maximum absolute atomic E-state index is 13.3. The van der Waals surface area contributed by atoms with Crippen molar-refractivity contribution >= 4 is 40.7 Å². The molecule has 0 bridgehead atoms. The molecule has 2 aromatic rings. The minimum absolute atomic E-state index is 0.00362. The number of likely N-dealkylation sites (tertiary alicyclic amines) is 1.